The first-order valence-electron chi connectivity index (χ1n) is 9.12. The second-order valence-corrected chi connectivity index (χ2v) is 7.15. The maximum atomic E-state index is 12.1. The topological polar surface area (TPSA) is 58.5 Å². The van der Waals surface area contributed by atoms with Gasteiger partial charge in [-0.05, 0) is 51.3 Å². The zero-order chi connectivity index (χ0) is 16.9. The number of aryl methyl sites for hydroxylation is 2. The molecule has 0 aliphatic carbocycles. The van der Waals surface area contributed by atoms with E-state index in [0.717, 1.165) is 26.0 Å². The smallest absolute Gasteiger partial charge is 0.315 e. The lowest BCUT2D eigenvalue weighted by atomic mass is 10.1. The van der Waals surface area contributed by atoms with Crippen LogP contribution in [-0.4, -0.2) is 59.9 Å². The maximum absolute atomic E-state index is 12.1. The Bertz CT molecular complexity index is 545. The van der Waals surface area contributed by atoms with Crippen molar-refractivity contribution in [3.05, 3.63) is 24.0 Å². The third kappa shape index (κ3) is 4.51. The molecule has 6 heteroatoms. The summed E-state index contributed by atoms with van der Waals surface area (Å²) in [6, 6.07) is 4.83. The number of ether oxygens (including phenoxy) is 1. The van der Waals surface area contributed by atoms with E-state index in [-0.39, 0.29) is 18.2 Å². The molecule has 1 aromatic rings. The van der Waals surface area contributed by atoms with Crippen molar-refractivity contribution in [2.45, 2.75) is 50.8 Å². The predicted octanol–water partition coefficient (Wildman–Crippen LogP) is 1.51. The summed E-state index contributed by atoms with van der Waals surface area (Å²) >= 11 is 0. The average Bonchev–Trinajstić information content (AvgIpc) is 3.19. The van der Waals surface area contributed by atoms with Crippen LogP contribution in [0.3, 0.4) is 0 Å². The molecule has 0 bridgehead atoms. The fourth-order valence-electron chi connectivity index (χ4n) is 3.68. The molecule has 0 radical (unpaired) electrons. The molecule has 0 spiro atoms. The number of morpholine rings is 1. The molecule has 2 aliphatic rings. The van der Waals surface area contributed by atoms with Crippen molar-refractivity contribution in [3.8, 4) is 0 Å². The van der Waals surface area contributed by atoms with Gasteiger partial charge in [-0.25, -0.2) is 4.79 Å². The lowest BCUT2D eigenvalue weighted by molar-refractivity contribution is -0.0458. The largest absolute Gasteiger partial charge is 0.373 e. The SMILES string of the molecule is C[C@H](CCc1cccn1C)NC(=O)NC[C@@H]1CN2CCC[C@H]2CO1. The van der Waals surface area contributed by atoms with Crippen LogP contribution < -0.4 is 10.6 Å². The summed E-state index contributed by atoms with van der Waals surface area (Å²) in [5.41, 5.74) is 1.29. The zero-order valence-electron chi connectivity index (χ0n) is 14.8. The number of fused-ring (bicyclic) bond motifs is 1. The van der Waals surface area contributed by atoms with Crippen molar-refractivity contribution >= 4 is 6.03 Å². The summed E-state index contributed by atoms with van der Waals surface area (Å²) < 4.78 is 7.99. The minimum Gasteiger partial charge on any atom is -0.373 e. The molecule has 3 rings (SSSR count). The van der Waals surface area contributed by atoms with Crippen molar-refractivity contribution in [1.82, 2.24) is 20.1 Å². The number of amides is 2. The molecule has 24 heavy (non-hydrogen) atoms. The Morgan fingerprint density at radius 1 is 1.50 bits per heavy atom. The molecule has 2 amide bonds. The predicted molar refractivity (Wildman–Crippen MR) is 94.1 cm³/mol. The zero-order valence-corrected chi connectivity index (χ0v) is 14.8. The molecule has 2 fully saturated rings. The van der Waals surface area contributed by atoms with Crippen LogP contribution in [0.4, 0.5) is 4.79 Å². The lowest BCUT2D eigenvalue weighted by Gasteiger charge is -2.35. The van der Waals surface area contributed by atoms with Gasteiger partial charge in [0.15, 0.2) is 0 Å². The lowest BCUT2D eigenvalue weighted by Crippen LogP contribution is -2.51. The Labute approximate surface area is 144 Å². The van der Waals surface area contributed by atoms with Gasteiger partial charge in [0.05, 0.1) is 12.7 Å². The van der Waals surface area contributed by atoms with E-state index in [0.29, 0.717) is 12.6 Å². The molecular weight excluding hydrogens is 304 g/mol. The van der Waals surface area contributed by atoms with E-state index in [4.69, 9.17) is 4.74 Å². The van der Waals surface area contributed by atoms with Crippen LogP contribution in [-0.2, 0) is 18.2 Å². The van der Waals surface area contributed by atoms with Crippen molar-refractivity contribution < 1.29 is 9.53 Å². The van der Waals surface area contributed by atoms with Crippen LogP contribution in [0.15, 0.2) is 18.3 Å². The molecule has 1 aromatic heterocycles. The van der Waals surface area contributed by atoms with Crippen LogP contribution in [0.5, 0.6) is 0 Å². The average molecular weight is 334 g/mol. The minimum absolute atomic E-state index is 0.0958. The second-order valence-electron chi connectivity index (χ2n) is 7.15. The highest BCUT2D eigenvalue weighted by atomic mass is 16.5. The van der Waals surface area contributed by atoms with Gasteiger partial charge >= 0.3 is 6.03 Å². The summed E-state index contributed by atoms with van der Waals surface area (Å²) in [5, 5.41) is 5.98. The van der Waals surface area contributed by atoms with Gasteiger partial charge in [0, 0.05) is 44.1 Å². The molecule has 134 valence electrons. The molecule has 3 atom stereocenters. The minimum atomic E-state index is -0.0958. The molecular formula is C18H30N4O2. The highest BCUT2D eigenvalue weighted by Gasteiger charge is 2.32. The van der Waals surface area contributed by atoms with Crippen molar-refractivity contribution in [3.63, 3.8) is 0 Å². The summed E-state index contributed by atoms with van der Waals surface area (Å²) in [5.74, 6) is 0. The van der Waals surface area contributed by atoms with Crippen LogP contribution in [0.1, 0.15) is 31.9 Å². The highest BCUT2D eigenvalue weighted by molar-refractivity contribution is 5.74. The first-order valence-corrected chi connectivity index (χ1v) is 9.12. The number of carbonyl (C=O) groups is 1. The Hall–Kier alpha value is -1.53. The summed E-state index contributed by atoms with van der Waals surface area (Å²) in [7, 11) is 2.05. The van der Waals surface area contributed by atoms with E-state index in [1.165, 1.54) is 25.1 Å². The molecule has 0 saturated carbocycles. The number of aromatic nitrogens is 1. The van der Waals surface area contributed by atoms with Gasteiger partial charge in [-0.2, -0.15) is 0 Å². The maximum Gasteiger partial charge on any atom is 0.315 e. The van der Waals surface area contributed by atoms with E-state index in [9.17, 15) is 4.79 Å². The molecule has 0 unspecified atom stereocenters. The first kappa shape index (κ1) is 17.3. The number of rotatable bonds is 6. The third-order valence-corrected chi connectivity index (χ3v) is 5.21. The van der Waals surface area contributed by atoms with E-state index >= 15 is 0 Å². The van der Waals surface area contributed by atoms with Crippen molar-refractivity contribution in [2.75, 3.05) is 26.2 Å². The molecule has 2 N–H and O–H groups in total. The third-order valence-electron chi connectivity index (χ3n) is 5.21. The van der Waals surface area contributed by atoms with Crippen LogP contribution >= 0.6 is 0 Å². The highest BCUT2D eigenvalue weighted by Crippen LogP contribution is 2.22. The van der Waals surface area contributed by atoms with E-state index in [1.807, 2.05) is 0 Å². The van der Waals surface area contributed by atoms with E-state index in [2.05, 4.69) is 52.4 Å². The van der Waals surface area contributed by atoms with Crippen LogP contribution in [0, 0.1) is 0 Å². The van der Waals surface area contributed by atoms with Gasteiger partial charge in [0.25, 0.3) is 0 Å². The Morgan fingerprint density at radius 3 is 3.17 bits per heavy atom. The van der Waals surface area contributed by atoms with Gasteiger partial charge in [-0.3, -0.25) is 4.90 Å². The fourth-order valence-corrected chi connectivity index (χ4v) is 3.68. The summed E-state index contributed by atoms with van der Waals surface area (Å²) in [4.78, 5) is 14.6. The number of hydrogen-bond donors (Lipinski definition) is 2. The molecule has 3 heterocycles. The Balaban J connectivity index is 1.32. The molecule has 2 aliphatic heterocycles. The second kappa shape index (κ2) is 8.03. The number of carbonyl (C=O) groups excluding carboxylic acids is 1. The Morgan fingerprint density at radius 2 is 2.38 bits per heavy atom. The van der Waals surface area contributed by atoms with Gasteiger partial charge in [0.1, 0.15) is 0 Å². The van der Waals surface area contributed by atoms with Crippen LogP contribution in [0.25, 0.3) is 0 Å². The van der Waals surface area contributed by atoms with Crippen LogP contribution in [0.2, 0.25) is 0 Å². The van der Waals surface area contributed by atoms with Gasteiger partial charge in [-0.15, -0.1) is 0 Å². The number of nitrogens with one attached hydrogen (secondary N) is 2. The van der Waals surface area contributed by atoms with Gasteiger partial charge in [-0.1, -0.05) is 0 Å². The summed E-state index contributed by atoms with van der Waals surface area (Å²) in [6.45, 7) is 5.55. The monoisotopic (exact) mass is 334 g/mol. The molecule has 0 aromatic carbocycles. The van der Waals surface area contributed by atoms with E-state index < -0.39 is 0 Å². The number of nitrogens with zero attached hydrogens (tertiary/aromatic N) is 2. The van der Waals surface area contributed by atoms with Crippen molar-refractivity contribution in [2.24, 2.45) is 7.05 Å². The van der Waals surface area contributed by atoms with Crippen molar-refractivity contribution in [1.29, 1.82) is 0 Å². The van der Waals surface area contributed by atoms with Gasteiger partial charge < -0.3 is 19.9 Å². The number of urea groups is 1. The summed E-state index contributed by atoms with van der Waals surface area (Å²) in [6.07, 6.45) is 6.58. The Kier molecular flexibility index (Phi) is 5.79. The van der Waals surface area contributed by atoms with E-state index in [1.54, 1.807) is 0 Å². The quantitative estimate of drug-likeness (QED) is 0.829. The standard InChI is InChI=1S/C18H30N4O2/c1-14(7-8-15-5-3-9-21(15)2)20-18(23)19-11-17-12-22-10-4-6-16(22)13-24-17/h3,5,9,14,16-17H,4,6-8,10-13H2,1-2H3,(H2,19,20,23)/t14-,16+,17-/m1/s1. The molecule has 2 saturated heterocycles. The van der Waals surface area contributed by atoms with Gasteiger partial charge in [0.2, 0.25) is 0 Å². The first-order chi connectivity index (χ1) is 11.6. The molecule has 6 nitrogen and oxygen atoms in total. The number of hydrogen-bond acceptors (Lipinski definition) is 3. The normalized spacial score (nSPS) is 25.2. The fraction of sp³-hybridized carbons (Fsp3) is 0.722.